The van der Waals surface area contributed by atoms with Crippen LogP contribution >= 0.6 is 0 Å². The summed E-state index contributed by atoms with van der Waals surface area (Å²) in [4.78, 5) is 2.52. The Morgan fingerprint density at radius 1 is 1.44 bits per heavy atom. The Labute approximate surface area is 110 Å². The molecule has 1 aliphatic heterocycles. The Morgan fingerprint density at radius 3 is 2.94 bits per heavy atom. The lowest BCUT2D eigenvalue weighted by atomic mass is 10.0. The van der Waals surface area contributed by atoms with E-state index in [0.29, 0.717) is 12.1 Å². The second kappa shape index (κ2) is 6.32. The maximum absolute atomic E-state index is 5.76. The van der Waals surface area contributed by atoms with Gasteiger partial charge in [-0.15, -0.1) is 0 Å². The molecule has 0 aromatic heterocycles. The summed E-state index contributed by atoms with van der Waals surface area (Å²) in [6.07, 6.45) is 0.315. The van der Waals surface area contributed by atoms with E-state index < -0.39 is 0 Å². The van der Waals surface area contributed by atoms with Crippen molar-refractivity contribution < 1.29 is 4.74 Å². The van der Waals surface area contributed by atoms with Crippen molar-refractivity contribution in [3.8, 4) is 0 Å². The average molecular weight is 248 g/mol. The van der Waals surface area contributed by atoms with Crippen molar-refractivity contribution in [2.24, 2.45) is 0 Å². The predicted molar refractivity (Wildman–Crippen MR) is 74.8 cm³/mol. The Morgan fingerprint density at radius 2 is 2.22 bits per heavy atom. The van der Waals surface area contributed by atoms with Crippen LogP contribution in [0, 0.1) is 6.92 Å². The molecule has 1 aromatic rings. The monoisotopic (exact) mass is 248 g/mol. The molecule has 1 heterocycles. The minimum absolute atomic E-state index is 0.315. The van der Waals surface area contributed by atoms with Gasteiger partial charge in [0.15, 0.2) is 0 Å². The molecule has 2 atom stereocenters. The van der Waals surface area contributed by atoms with Crippen LogP contribution in [0.3, 0.4) is 0 Å². The van der Waals surface area contributed by atoms with Gasteiger partial charge in [-0.2, -0.15) is 0 Å². The zero-order valence-electron chi connectivity index (χ0n) is 11.6. The molecule has 3 heteroatoms. The molecule has 1 aliphatic rings. The quantitative estimate of drug-likeness (QED) is 0.882. The van der Waals surface area contributed by atoms with E-state index in [-0.39, 0.29) is 0 Å². The fourth-order valence-electron chi connectivity index (χ4n) is 2.70. The Hall–Kier alpha value is -0.900. The number of nitrogens with zero attached hydrogens (tertiary/aromatic N) is 1. The second-order valence-electron chi connectivity index (χ2n) is 5.08. The molecular weight excluding hydrogens is 224 g/mol. The van der Waals surface area contributed by atoms with Crippen molar-refractivity contribution in [1.29, 1.82) is 0 Å². The van der Waals surface area contributed by atoms with Gasteiger partial charge >= 0.3 is 0 Å². The predicted octanol–water partition coefficient (Wildman–Crippen LogP) is 1.98. The van der Waals surface area contributed by atoms with E-state index >= 15 is 0 Å². The number of morpholine rings is 1. The van der Waals surface area contributed by atoms with E-state index in [4.69, 9.17) is 4.74 Å². The average Bonchev–Trinajstić information content (AvgIpc) is 2.39. The second-order valence-corrected chi connectivity index (χ2v) is 5.08. The van der Waals surface area contributed by atoms with E-state index in [0.717, 1.165) is 26.2 Å². The van der Waals surface area contributed by atoms with E-state index in [1.807, 2.05) is 7.05 Å². The molecule has 0 amide bonds. The first-order valence-corrected chi connectivity index (χ1v) is 6.78. The topological polar surface area (TPSA) is 24.5 Å². The summed E-state index contributed by atoms with van der Waals surface area (Å²) in [5.41, 5.74) is 2.81. The number of nitrogens with one attached hydrogen (secondary N) is 1. The van der Waals surface area contributed by atoms with Gasteiger partial charge < -0.3 is 10.1 Å². The maximum atomic E-state index is 5.76. The minimum atomic E-state index is 0.315. The summed E-state index contributed by atoms with van der Waals surface area (Å²) in [6.45, 7) is 8.28. The molecule has 3 nitrogen and oxygen atoms in total. The van der Waals surface area contributed by atoms with E-state index in [2.05, 4.69) is 48.3 Å². The first-order valence-electron chi connectivity index (χ1n) is 6.78. The molecular formula is C15H24N2O. The van der Waals surface area contributed by atoms with Crippen LogP contribution in [0.1, 0.15) is 24.1 Å². The third-order valence-electron chi connectivity index (χ3n) is 3.79. The SMILES string of the molecule is CNCC1CN(C(C)c2ccccc2C)CCO1. The Bertz CT molecular complexity index is 379. The molecule has 100 valence electrons. The number of rotatable bonds is 4. The Kier molecular flexibility index (Phi) is 4.75. The summed E-state index contributed by atoms with van der Waals surface area (Å²) in [5, 5.41) is 3.20. The standard InChI is InChI=1S/C15H24N2O/c1-12-6-4-5-7-15(12)13(2)17-8-9-18-14(11-17)10-16-3/h4-7,13-14,16H,8-11H2,1-3H3. The molecule has 0 bridgehead atoms. The van der Waals surface area contributed by atoms with Gasteiger partial charge in [0.25, 0.3) is 0 Å². The van der Waals surface area contributed by atoms with Crippen LogP contribution in [0.5, 0.6) is 0 Å². The van der Waals surface area contributed by atoms with Crippen LogP contribution in [-0.4, -0.2) is 44.3 Å². The van der Waals surface area contributed by atoms with Crippen LogP contribution in [0.4, 0.5) is 0 Å². The molecule has 2 unspecified atom stereocenters. The molecule has 0 spiro atoms. The van der Waals surface area contributed by atoms with Gasteiger partial charge in [0, 0.05) is 25.7 Å². The van der Waals surface area contributed by atoms with Gasteiger partial charge in [-0.25, -0.2) is 0 Å². The first-order chi connectivity index (χ1) is 8.72. The van der Waals surface area contributed by atoms with Gasteiger partial charge in [0.2, 0.25) is 0 Å². The highest BCUT2D eigenvalue weighted by Crippen LogP contribution is 2.24. The van der Waals surface area contributed by atoms with Crippen molar-refractivity contribution in [2.45, 2.75) is 26.0 Å². The Balaban J connectivity index is 2.04. The molecule has 2 rings (SSSR count). The number of hydrogen-bond acceptors (Lipinski definition) is 3. The van der Waals surface area contributed by atoms with Gasteiger partial charge in [-0.3, -0.25) is 4.90 Å². The largest absolute Gasteiger partial charge is 0.374 e. The molecule has 1 saturated heterocycles. The highest BCUT2D eigenvalue weighted by atomic mass is 16.5. The minimum Gasteiger partial charge on any atom is -0.374 e. The first kappa shape index (κ1) is 13.5. The van der Waals surface area contributed by atoms with E-state index in [1.54, 1.807) is 0 Å². The number of aryl methyl sites for hydroxylation is 1. The number of benzene rings is 1. The summed E-state index contributed by atoms with van der Waals surface area (Å²) in [7, 11) is 1.98. The van der Waals surface area contributed by atoms with E-state index in [9.17, 15) is 0 Å². The number of likely N-dealkylation sites (N-methyl/N-ethyl adjacent to an activating group) is 1. The lowest BCUT2D eigenvalue weighted by molar-refractivity contribution is -0.0393. The lowest BCUT2D eigenvalue weighted by Gasteiger charge is -2.37. The van der Waals surface area contributed by atoms with Gasteiger partial charge in [-0.1, -0.05) is 24.3 Å². The number of ether oxygens (including phenoxy) is 1. The molecule has 18 heavy (non-hydrogen) atoms. The van der Waals surface area contributed by atoms with Crippen LogP contribution in [0.25, 0.3) is 0 Å². The van der Waals surface area contributed by atoms with E-state index in [1.165, 1.54) is 11.1 Å². The van der Waals surface area contributed by atoms with Crippen LogP contribution in [-0.2, 0) is 4.74 Å². The van der Waals surface area contributed by atoms with Gasteiger partial charge in [-0.05, 0) is 32.0 Å². The van der Waals surface area contributed by atoms with Gasteiger partial charge in [0.1, 0.15) is 0 Å². The molecule has 1 N–H and O–H groups in total. The molecule has 1 aromatic carbocycles. The molecule has 0 saturated carbocycles. The smallest absolute Gasteiger partial charge is 0.0826 e. The fraction of sp³-hybridized carbons (Fsp3) is 0.600. The zero-order chi connectivity index (χ0) is 13.0. The lowest BCUT2D eigenvalue weighted by Crippen LogP contribution is -2.47. The summed E-state index contributed by atoms with van der Waals surface area (Å²) in [5.74, 6) is 0. The van der Waals surface area contributed by atoms with Crippen molar-refractivity contribution in [2.75, 3.05) is 33.3 Å². The van der Waals surface area contributed by atoms with Crippen molar-refractivity contribution in [3.63, 3.8) is 0 Å². The van der Waals surface area contributed by atoms with Crippen molar-refractivity contribution in [1.82, 2.24) is 10.2 Å². The van der Waals surface area contributed by atoms with Crippen molar-refractivity contribution in [3.05, 3.63) is 35.4 Å². The highest BCUT2D eigenvalue weighted by molar-refractivity contribution is 5.28. The highest BCUT2D eigenvalue weighted by Gasteiger charge is 2.24. The summed E-state index contributed by atoms with van der Waals surface area (Å²) in [6, 6.07) is 9.13. The van der Waals surface area contributed by atoms with Crippen LogP contribution in [0.15, 0.2) is 24.3 Å². The van der Waals surface area contributed by atoms with Crippen molar-refractivity contribution >= 4 is 0 Å². The van der Waals surface area contributed by atoms with Gasteiger partial charge in [0.05, 0.1) is 12.7 Å². The molecule has 0 aliphatic carbocycles. The normalized spacial score (nSPS) is 22.9. The molecule has 1 fully saturated rings. The maximum Gasteiger partial charge on any atom is 0.0826 e. The number of hydrogen-bond donors (Lipinski definition) is 1. The third kappa shape index (κ3) is 3.10. The van der Waals surface area contributed by atoms with Crippen LogP contribution < -0.4 is 5.32 Å². The molecule has 0 radical (unpaired) electrons. The summed E-state index contributed by atoms with van der Waals surface area (Å²) < 4.78 is 5.76. The fourth-order valence-corrected chi connectivity index (χ4v) is 2.70. The third-order valence-corrected chi connectivity index (χ3v) is 3.79. The zero-order valence-corrected chi connectivity index (χ0v) is 11.6. The summed E-state index contributed by atoms with van der Waals surface area (Å²) >= 11 is 0. The van der Waals surface area contributed by atoms with Crippen LogP contribution in [0.2, 0.25) is 0 Å².